The summed E-state index contributed by atoms with van der Waals surface area (Å²) in [4.78, 5) is 12.6. The van der Waals surface area contributed by atoms with Crippen molar-refractivity contribution in [2.24, 2.45) is 0 Å². The molecule has 3 heterocycles. The van der Waals surface area contributed by atoms with Gasteiger partial charge in [0.1, 0.15) is 11.4 Å². The Bertz CT molecular complexity index is 940. The summed E-state index contributed by atoms with van der Waals surface area (Å²) in [6.07, 6.45) is 4.71. The Kier molecular flexibility index (Phi) is 3.43. The SMILES string of the molecule is O=C(Nc1cn[nH]c1)c1cc(-c2ccco2)nn1-c1ccccc1. The summed E-state index contributed by atoms with van der Waals surface area (Å²) in [6.45, 7) is 0. The van der Waals surface area contributed by atoms with Crippen LogP contribution in [0.25, 0.3) is 17.1 Å². The van der Waals surface area contributed by atoms with Crippen molar-refractivity contribution in [1.82, 2.24) is 20.0 Å². The fourth-order valence-corrected chi connectivity index (χ4v) is 2.37. The zero-order valence-electron chi connectivity index (χ0n) is 12.5. The molecule has 118 valence electrons. The number of nitrogens with zero attached hydrogens (tertiary/aromatic N) is 3. The number of carbonyl (C=O) groups excluding carboxylic acids is 1. The number of H-pyrrole nitrogens is 1. The van der Waals surface area contributed by atoms with E-state index in [0.29, 0.717) is 22.8 Å². The van der Waals surface area contributed by atoms with Crippen molar-refractivity contribution in [3.63, 3.8) is 0 Å². The van der Waals surface area contributed by atoms with Crippen LogP contribution < -0.4 is 5.32 Å². The second-order valence-electron chi connectivity index (χ2n) is 5.08. The van der Waals surface area contributed by atoms with Crippen LogP contribution in [0, 0.1) is 0 Å². The van der Waals surface area contributed by atoms with Gasteiger partial charge in [-0.1, -0.05) is 18.2 Å². The van der Waals surface area contributed by atoms with E-state index < -0.39 is 0 Å². The summed E-state index contributed by atoms with van der Waals surface area (Å²) < 4.78 is 6.98. The summed E-state index contributed by atoms with van der Waals surface area (Å²) in [6, 6.07) is 14.7. The van der Waals surface area contributed by atoms with E-state index in [1.807, 2.05) is 30.3 Å². The van der Waals surface area contributed by atoms with Crippen LogP contribution in [0.15, 0.2) is 71.6 Å². The lowest BCUT2D eigenvalue weighted by atomic mass is 10.2. The molecule has 0 saturated heterocycles. The first-order chi connectivity index (χ1) is 11.8. The number of para-hydroxylation sites is 1. The number of amides is 1. The van der Waals surface area contributed by atoms with Gasteiger partial charge in [0.15, 0.2) is 5.76 Å². The number of aromatic amines is 1. The lowest BCUT2D eigenvalue weighted by molar-refractivity contribution is 0.101. The molecule has 0 saturated carbocycles. The van der Waals surface area contributed by atoms with Gasteiger partial charge in [-0.3, -0.25) is 9.89 Å². The van der Waals surface area contributed by atoms with E-state index in [2.05, 4.69) is 20.6 Å². The van der Waals surface area contributed by atoms with Crippen LogP contribution in [0.3, 0.4) is 0 Å². The highest BCUT2D eigenvalue weighted by atomic mass is 16.3. The van der Waals surface area contributed by atoms with Crippen LogP contribution in [0.2, 0.25) is 0 Å². The predicted octanol–water partition coefficient (Wildman–Crippen LogP) is 3.11. The zero-order chi connectivity index (χ0) is 16.4. The number of nitrogens with one attached hydrogen (secondary N) is 2. The van der Waals surface area contributed by atoms with Crippen molar-refractivity contribution in [3.05, 3.63) is 72.9 Å². The summed E-state index contributed by atoms with van der Waals surface area (Å²) in [5.74, 6) is 0.313. The van der Waals surface area contributed by atoms with Gasteiger partial charge in [0, 0.05) is 12.3 Å². The number of furan rings is 1. The molecule has 0 atom stereocenters. The highest BCUT2D eigenvalue weighted by molar-refractivity contribution is 6.03. The number of benzene rings is 1. The number of hydrogen-bond donors (Lipinski definition) is 2. The molecule has 0 fully saturated rings. The molecule has 0 aliphatic rings. The Morgan fingerprint density at radius 3 is 2.75 bits per heavy atom. The van der Waals surface area contributed by atoms with Crippen molar-refractivity contribution in [1.29, 1.82) is 0 Å². The third-order valence-corrected chi connectivity index (χ3v) is 3.47. The largest absolute Gasteiger partial charge is 0.463 e. The van der Waals surface area contributed by atoms with E-state index in [0.717, 1.165) is 5.69 Å². The first-order valence-corrected chi connectivity index (χ1v) is 7.31. The molecule has 24 heavy (non-hydrogen) atoms. The standard InChI is InChI=1S/C17H13N5O2/c23-17(20-12-10-18-19-11-12)15-9-14(16-7-4-8-24-16)21-22(15)13-5-2-1-3-6-13/h1-11H,(H,18,19)(H,20,23). The molecule has 4 rings (SSSR count). The van der Waals surface area contributed by atoms with E-state index in [4.69, 9.17) is 4.42 Å². The van der Waals surface area contributed by atoms with Gasteiger partial charge in [0.25, 0.3) is 5.91 Å². The fraction of sp³-hybridized carbons (Fsp3) is 0. The molecule has 0 radical (unpaired) electrons. The van der Waals surface area contributed by atoms with Crippen LogP contribution >= 0.6 is 0 Å². The minimum absolute atomic E-state index is 0.287. The molecule has 4 aromatic rings. The van der Waals surface area contributed by atoms with Crippen molar-refractivity contribution in [3.8, 4) is 17.1 Å². The van der Waals surface area contributed by atoms with Gasteiger partial charge in [-0.05, 0) is 24.3 Å². The first-order valence-electron chi connectivity index (χ1n) is 7.31. The molecule has 3 aromatic heterocycles. The quantitative estimate of drug-likeness (QED) is 0.605. The second kappa shape index (κ2) is 5.88. The Morgan fingerprint density at radius 2 is 2.04 bits per heavy atom. The number of aromatic nitrogens is 4. The van der Waals surface area contributed by atoms with Crippen LogP contribution in [0.5, 0.6) is 0 Å². The van der Waals surface area contributed by atoms with Crippen LogP contribution in [0.4, 0.5) is 5.69 Å². The molecule has 2 N–H and O–H groups in total. The molecule has 7 nitrogen and oxygen atoms in total. The highest BCUT2D eigenvalue weighted by Crippen LogP contribution is 2.22. The summed E-state index contributed by atoms with van der Waals surface area (Å²) in [5, 5.41) is 13.8. The predicted molar refractivity (Wildman–Crippen MR) is 87.8 cm³/mol. The van der Waals surface area contributed by atoms with E-state index >= 15 is 0 Å². The van der Waals surface area contributed by atoms with E-state index in [1.165, 1.54) is 6.20 Å². The second-order valence-corrected chi connectivity index (χ2v) is 5.08. The maximum absolute atomic E-state index is 12.6. The van der Waals surface area contributed by atoms with Crippen LogP contribution in [-0.4, -0.2) is 25.9 Å². The topological polar surface area (TPSA) is 88.7 Å². The van der Waals surface area contributed by atoms with E-state index in [-0.39, 0.29) is 5.91 Å². The monoisotopic (exact) mass is 319 g/mol. The third kappa shape index (κ3) is 2.58. The number of anilines is 1. The Balaban J connectivity index is 1.77. The van der Waals surface area contributed by atoms with Gasteiger partial charge in [-0.2, -0.15) is 10.2 Å². The Labute approximate surface area is 136 Å². The third-order valence-electron chi connectivity index (χ3n) is 3.47. The zero-order valence-corrected chi connectivity index (χ0v) is 12.5. The van der Waals surface area contributed by atoms with Crippen molar-refractivity contribution in [2.75, 3.05) is 5.32 Å². The lowest BCUT2D eigenvalue weighted by Gasteiger charge is -2.06. The fourth-order valence-electron chi connectivity index (χ4n) is 2.37. The Morgan fingerprint density at radius 1 is 1.17 bits per heavy atom. The first kappa shape index (κ1) is 14.0. The highest BCUT2D eigenvalue weighted by Gasteiger charge is 2.19. The van der Waals surface area contributed by atoms with Gasteiger partial charge in [-0.15, -0.1) is 0 Å². The summed E-state index contributed by atoms with van der Waals surface area (Å²) in [7, 11) is 0. The molecule has 7 heteroatoms. The summed E-state index contributed by atoms with van der Waals surface area (Å²) in [5.41, 5.74) is 2.35. The number of rotatable bonds is 4. The molecular formula is C17H13N5O2. The van der Waals surface area contributed by atoms with E-state index in [1.54, 1.807) is 35.3 Å². The minimum Gasteiger partial charge on any atom is -0.463 e. The average molecular weight is 319 g/mol. The maximum Gasteiger partial charge on any atom is 0.274 e. The molecule has 0 unspecified atom stereocenters. The van der Waals surface area contributed by atoms with Crippen molar-refractivity contribution < 1.29 is 9.21 Å². The molecule has 0 spiro atoms. The van der Waals surface area contributed by atoms with Crippen molar-refractivity contribution >= 4 is 11.6 Å². The van der Waals surface area contributed by atoms with Gasteiger partial charge in [0.2, 0.25) is 0 Å². The van der Waals surface area contributed by atoms with Gasteiger partial charge in [0.05, 0.1) is 23.8 Å². The molecule has 0 aliphatic carbocycles. The molecule has 0 aliphatic heterocycles. The molecule has 0 bridgehead atoms. The molecule has 1 amide bonds. The van der Waals surface area contributed by atoms with Gasteiger partial charge >= 0.3 is 0 Å². The molecular weight excluding hydrogens is 306 g/mol. The Hall–Kier alpha value is -3.61. The number of hydrogen-bond acceptors (Lipinski definition) is 4. The summed E-state index contributed by atoms with van der Waals surface area (Å²) >= 11 is 0. The van der Waals surface area contributed by atoms with Gasteiger partial charge in [-0.25, -0.2) is 4.68 Å². The van der Waals surface area contributed by atoms with Crippen LogP contribution in [0.1, 0.15) is 10.5 Å². The maximum atomic E-state index is 12.6. The average Bonchev–Trinajstić information content (AvgIpc) is 3.36. The lowest BCUT2D eigenvalue weighted by Crippen LogP contribution is -2.16. The van der Waals surface area contributed by atoms with Gasteiger partial charge < -0.3 is 9.73 Å². The smallest absolute Gasteiger partial charge is 0.274 e. The minimum atomic E-state index is -0.287. The van der Waals surface area contributed by atoms with E-state index in [9.17, 15) is 4.79 Å². The molecule has 1 aromatic carbocycles. The van der Waals surface area contributed by atoms with Crippen LogP contribution in [-0.2, 0) is 0 Å². The van der Waals surface area contributed by atoms with Crippen molar-refractivity contribution in [2.45, 2.75) is 0 Å². The number of carbonyl (C=O) groups is 1. The normalized spacial score (nSPS) is 10.7.